The molecule has 5 heteroatoms. The van der Waals surface area contributed by atoms with E-state index in [1.165, 1.54) is 0 Å². The number of rotatable bonds is 5. The van der Waals surface area contributed by atoms with Crippen LogP contribution >= 0.6 is 0 Å². The van der Waals surface area contributed by atoms with Crippen molar-refractivity contribution in [2.75, 3.05) is 13.1 Å². The minimum atomic E-state index is -0.445. The quantitative estimate of drug-likeness (QED) is 0.615. The molecule has 1 aromatic heterocycles. The zero-order valence-corrected chi connectivity index (χ0v) is 10.4. The molecular weight excluding hydrogens is 232 g/mol. The van der Waals surface area contributed by atoms with Gasteiger partial charge in [0.05, 0.1) is 12.1 Å². The van der Waals surface area contributed by atoms with Crippen LogP contribution in [0.15, 0.2) is 27.4 Å². The minimum absolute atomic E-state index is 0.146. The molecule has 0 bridgehead atoms. The molecule has 0 fully saturated rings. The van der Waals surface area contributed by atoms with E-state index in [0.717, 1.165) is 11.8 Å². The number of fused-ring (bicyclic) bond motifs is 1. The zero-order chi connectivity index (χ0) is 13.2. The summed E-state index contributed by atoms with van der Waals surface area (Å²) in [7, 11) is 0. The van der Waals surface area contributed by atoms with Crippen molar-refractivity contribution in [3.63, 3.8) is 0 Å². The normalized spacial score (nSPS) is 11.9. The predicted octanol–water partition coefficient (Wildman–Crippen LogP) is 1.19. The van der Waals surface area contributed by atoms with Crippen LogP contribution in [0.4, 0.5) is 0 Å². The van der Waals surface area contributed by atoms with Gasteiger partial charge in [-0.05, 0) is 17.7 Å². The van der Waals surface area contributed by atoms with Crippen molar-refractivity contribution in [2.24, 2.45) is 0 Å². The Morgan fingerprint density at radius 2 is 2.22 bits per heavy atom. The van der Waals surface area contributed by atoms with Crippen LogP contribution < -0.4 is 11.1 Å². The molecule has 2 aromatic rings. The monoisotopic (exact) mass is 248 g/mol. The Bertz CT molecular complexity index is 610. The van der Waals surface area contributed by atoms with Gasteiger partial charge in [0.15, 0.2) is 5.58 Å². The van der Waals surface area contributed by atoms with Crippen molar-refractivity contribution in [2.45, 2.75) is 19.3 Å². The lowest BCUT2D eigenvalue weighted by Gasteiger charge is -2.25. The van der Waals surface area contributed by atoms with Gasteiger partial charge in [-0.3, -0.25) is 4.98 Å². The Hall–Kier alpha value is -1.88. The smallest absolute Gasteiger partial charge is 0.408 e. The number of H-pyrrole nitrogens is 1. The second-order valence-corrected chi connectivity index (χ2v) is 4.91. The summed E-state index contributed by atoms with van der Waals surface area (Å²) in [5.74, 6) is -0.445. The average Bonchev–Trinajstić information content (AvgIpc) is 2.68. The second-order valence-electron chi connectivity index (χ2n) is 4.91. The van der Waals surface area contributed by atoms with Gasteiger partial charge in [0.25, 0.3) is 0 Å². The van der Waals surface area contributed by atoms with Gasteiger partial charge in [-0.25, -0.2) is 4.79 Å². The van der Waals surface area contributed by atoms with E-state index in [1.807, 2.05) is 18.2 Å². The van der Waals surface area contributed by atoms with Crippen LogP contribution in [0.5, 0.6) is 0 Å². The summed E-state index contributed by atoms with van der Waals surface area (Å²) in [5.41, 5.74) is 2.16. The van der Waals surface area contributed by atoms with Crippen LogP contribution in [0.3, 0.4) is 0 Å². The fourth-order valence-corrected chi connectivity index (χ4v) is 1.91. The third-order valence-corrected chi connectivity index (χ3v) is 3.00. The minimum Gasteiger partial charge on any atom is -0.408 e. The summed E-state index contributed by atoms with van der Waals surface area (Å²) >= 11 is 0. The Kier molecular flexibility index (Phi) is 3.34. The maximum atomic E-state index is 11.1. The van der Waals surface area contributed by atoms with E-state index < -0.39 is 5.76 Å². The third kappa shape index (κ3) is 2.51. The lowest BCUT2D eigenvalue weighted by molar-refractivity contribution is -0.107. The Morgan fingerprint density at radius 3 is 2.94 bits per heavy atom. The standard InChI is InChI=1S/C13H16N2O3/c1-13(2,8-14-5-6-16)9-3-4-10-11(7-9)18-12(17)15-10/h3-4,6-7,14H,5,8H2,1-2H3,(H,15,17). The van der Waals surface area contributed by atoms with Crippen molar-refractivity contribution in [3.8, 4) is 0 Å². The van der Waals surface area contributed by atoms with E-state index >= 15 is 0 Å². The molecule has 2 N–H and O–H groups in total. The number of hydrogen-bond acceptors (Lipinski definition) is 4. The number of nitrogens with one attached hydrogen (secondary N) is 2. The van der Waals surface area contributed by atoms with Crippen LogP contribution in [0.2, 0.25) is 0 Å². The maximum absolute atomic E-state index is 11.1. The SMILES string of the molecule is CC(C)(CNCC=O)c1ccc2[nH]c(=O)oc2c1. The van der Waals surface area contributed by atoms with Gasteiger partial charge in [-0.1, -0.05) is 19.9 Å². The summed E-state index contributed by atoms with van der Waals surface area (Å²) in [6.07, 6.45) is 0.838. The number of aromatic nitrogens is 1. The largest absolute Gasteiger partial charge is 0.417 e. The summed E-state index contributed by atoms with van der Waals surface area (Å²) < 4.78 is 5.04. The molecule has 1 heterocycles. The Labute approximate surface area is 104 Å². The summed E-state index contributed by atoms with van der Waals surface area (Å²) in [5, 5.41) is 3.06. The molecule has 0 saturated carbocycles. The van der Waals surface area contributed by atoms with Gasteiger partial charge in [-0.15, -0.1) is 0 Å². The molecule has 0 amide bonds. The molecule has 0 radical (unpaired) electrons. The first-order chi connectivity index (χ1) is 8.53. The van der Waals surface area contributed by atoms with Gasteiger partial charge in [0, 0.05) is 12.0 Å². The zero-order valence-electron chi connectivity index (χ0n) is 10.4. The lowest BCUT2D eigenvalue weighted by Crippen LogP contribution is -2.33. The van der Waals surface area contributed by atoms with Crippen molar-refractivity contribution < 1.29 is 9.21 Å². The Balaban J connectivity index is 2.28. The number of benzene rings is 1. The van der Waals surface area contributed by atoms with Crippen LogP contribution in [-0.2, 0) is 10.2 Å². The fraction of sp³-hybridized carbons (Fsp3) is 0.385. The fourth-order valence-electron chi connectivity index (χ4n) is 1.91. The molecule has 18 heavy (non-hydrogen) atoms. The van der Waals surface area contributed by atoms with E-state index in [0.29, 0.717) is 24.2 Å². The average molecular weight is 248 g/mol. The first kappa shape index (κ1) is 12.6. The molecule has 2 rings (SSSR count). The van der Waals surface area contributed by atoms with Crippen molar-refractivity contribution >= 4 is 17.4 Å². The Morgan fingerprint density at radius 1 is 1.44 bits per heavy atom. The van der Waals surface area contributed by atoms with Crippen molar-refractivity contribution in [1.29, 1.82) is 0 Å². The molecule has 1 aromatic carbocycles. The number of carbonyl (C=O) groups excluding carboxylic acids is 1. The molecule has 0 aliphatic rings. The van der Waals surface area contributed by atoms with Gasteiger partial charge < -0.3 is 14.5 Å². The number of aldehydes is 1. The van der Waals surface area contributed by atoms with Gasteiger partial charge in [0.1, 0.15) is 6.29 Å². The van der Waals surface area contributed by atoms with Crippen LogP contribution in [0.25, 0.3) is 11.1 Å². The molecule has 0 unspecified atom stereocenters. The highest BCUT2D eigenvalue weighted by atomic mass is 16.4. The van der Waals surface area contributed by atoms with Crippen LogP contribution in [0.1, 0.15) is 19.4 Å². The van der Waals surface area contributed by atoms with Crippen LogP contribution in [0, 0.1) is 0 Å². The van der Waals surface area contributed by atoms with E-state index in [4.69, 9.17) is 4.42 Å². The molecule has 0 saturated heterocycles. The van der Waals surface area contributed by atoms with Crippen molar-refractivity contribution in [3.05, 3.63) is 34.3 Å². The highest BCUT2D eigenvalue weighted by Crippen LogP contribution is 2.25. The molecule has 5 nitrogen and oxygen atoms in total. The molecular formula is C13H16N2O3. The first-order valence-corrected chi connectivity index (χ1v) is 5.81. The third-order valence-electron chi connectivity index (χ3n) is 3.00. The van der Waals surface area contributed by atoms with E-state index in [9.17, 15) is 9.59 Å². The molecule has 0 aliphatic heterocycles. The molecule has 0 aliphatic carbocycles. The highest BCUT2D eigenvalue weighted by molar-refractivity contribution is 5.73. The number of hydrogen-bond donors (Lipinski definition) is 2. The van der Waals surface area contributed by atoms with E-state index in [2.05, 4.69) is 24.1 Å². The number of oxazole rings is 1. The van der Waals surface area contributed by atoms with Gasteiger partial charge in [0.2, 0.25) is 0 Å². The number of carbonyl (C=O) groups is 1. The first-order valence-electron chi connectivity index (χ1n) is 5.81. The van der Waals surface area contributed by atoms with Gasteiger partial charge in [-0.2, -0.15) is 0 Å². The number of aromatic amines is 1. The summed E-state index contributed by atoms with van der Waals surface area (Å²) in [6.45, 7) is 5.14. The molecule has 0 spiro atoms. The topological polar surface area (TPSA) is 75.1 Å². The predicted molar refractivity (Wildman–Crippen MR) is 68.8 cm³/mol. The second kappa shape index (κ2) is 4.78. The van der Waals surface area contributed by atoms with E-state index in [-0.39, 0.29) is 5.41 Å². The summed E-state index contributed by atoms with van der Waals surface area (Å²) in [6, 6.07) is 5.64. The van der Waals surface area contributed by atoms with Crippen LogP contribution in [-0.4, -0.2) is 24.4 Å². The van der Waals surface area contributed by atoms with E-state index in [1.54, 1.807) is 0 Å². The lowest BCUT2D eigenvalue weighted by atomic mass is 9.84. The summed E-state index contributed by atoms with van der Waals surface area (Å²) in [4.78, 5) is 24.0. The maximum Gasteiger partial charge on any atom is 0.417 e. The molecule has 96 valence electrons. The molecule has 0 atom stereocenters. The van der Waals surface area contributed by atoms with Crippen molar-refractivity contribution in [1.82, 2.24) is 10.3 Å². The van der Waals surface area contributed by atoms with Gasteiger partial charge >= 0.3 is 5.76 Å². The highest BCUT2D eigenvalue weighted by Gasteiger charge is 2.21.